The molecule has 0 unspecified atom stereocenters. The lowest BCUT2D eigenvalue weighted by Gasteiger charge is -2.44. The van der Waals surface area contributed by atoms with Gasteiger partial charge in [0, 0.05) is 31.9 Å². The second-order valence-electron chi connectivity index (χ2n) is 6.67. The van der Waals surface area contributed by atoms with Crippen LogP contribution in [0, 0.1) is 0 Å². The number of halogens is 2. The topological polar surface area (TPSA) is 58.3 Å². The van der Waals surface area contributed by atoms with E-state index < -0.39 is 0 Å². The fourth-order valence-corrected chi connectivity index (χ4v) is 5.15. The van der Waals surface area contributed by atoms with E-state index in [1.165, 1.54) is 0 Å². The van der Waals surface area contributed by atoms with Gasteiger partial charge < -0.3 is 15.3 Å². The zero-order valence-corrected chi connectivity index (χ0v) is 18.7. The lowest BCUT2D eigenvalue weighted by molar-refractivity contribution is -0.116. The molecule has 1 spiro atoms. The van der Waals surface area contributed by atoms with Crippen molar-refractivity contribution in [2.75, 3.05) is 49.9 Å². The molecule has 5 nitrogen and oxygen atoms in total. The highest BCUT2D eigenvalue weighted by molar-refractivity contribution is 8.02. The summed E-state index contributed by atoms with van der Waals surface area (Å²) in [6, 6.07) is 10.2. The van der Waals surface area contributed by atoms with Gasteiger partial charge in [-0.25, -0.2) is 0 Å². The van der Waals surface area contributed by atoms with E-state index in [4.69, 9.17) is 0 Å². The van der Waals surface area contributed by atoms with Gasteiger partial charge in [0.15, 0.2) is 0 Å². The van der Waals surface area contributed by atoms with Crippen LogP contribution in [0.3, 0.4) is 0 Å². The molecule has 1 aromatic rings. The molecule has 1 aromatic carbocycles. The van der Waals surface area contributed by atoms with Gasteiger partial charge in [0.25, 0.3) is 0 Å². The van der Waals surface area contributed by atoms with Crippen molar-refractivity contribution < 1.29 is 10.3 Å². The molecule has 2 aliphatic heterocycles. The Bertz CT molecular complexity index is 553. The molecule has 27 heavy (non-hydrogen) atoms. The van der Waals surface area contributed by atoms with Crippen molar-refractivity contribution in [3.8, 4) is 0 Å². The summed E-state index contributed by atoms with van der Waals surface area (Å²) in [5, 5.41) is 0. The molecule has 0 aromatic heterocycles. The van der Waals surface area contributed by atoms with E-state index in [9.17, 15) is 4.79 Å². The van der Waals surface area contributed by atoms with Crippen molar-refractivity contribution in [3.63, 3.8) is 0 Å². The lowest BCUT2D eigenvalue weighted by Crippen LogP contribution is -2.53. The Balaban J connectivity index is 0.00000225. The number of hydrogen-bond donors (Lipinski definition) is 0. The van der Waals surface area contributed by atoms with Gasteiger partial charge in [0.1, 0.15) is 0 Å². The maximum atomic E-state index is 12.5. The summed E-state index contributed by atoms with van der Waals surface area (Å²) in [7, 11) is 0. The number of carbonyl (C=O) groups excluding carboxylic acids is 1. The summed E-state index contributed by atoms with van der Waals surface area (Å²) in [5.74, 6) is 0.886. The molecule has 2 heterocycles. The monoisotopic (exact) mass is 437 g/mol. The van der Waals surface area contributed by atoms with E-state index in [0.29, 0.717) is 5.75 Å². The van der Waals surface area contributed by atoms with E-state index in [1.54, 1.807) is 0 Å². The number of likely N-dealkylation sites (N-methyl/N-ethyl adjacent to an activating group) is 1. The predicted octanol–water partition coefficient (Wildman–Crippen LogP) is 2.92. The van der Waals surface area contributed by atoms with Crippen LogP contribution in [0.2, 0.25) is 0 Å². The molecule has 156 valence electrons. The number of benzene rings is 1. The molecule has 0 atom stereocenters. The standard InChI is InChI=1S/C19H29N3OS.2ClH.H2O/c1-3-20(4-2)14-15-21-12-10-19(11-13-21)22(18(23)16-24-19)17-8-6-5-7-9-17;;;/h5-9H,3-4,10-16H2,1-2H3;2*1H;1H2. The number of carbonyl (C=O) groups is 1. The third kappa shape index (κ3) is 5.99. The highest BCUT2D eigenvalue weighted by Crippen LogP contribution is 2.46. The van der Waals surface area contributed by atoms with Crippen LogP contribution in [0.4, 0.5) is 5.69 Å². The van der Waals surface area contributed by atoms with Gasteiger partial charge in [0.2, 0.25) is 5.91 Å². The molecule has 2 aliphatic rings. The van der Waals surface area contributed by atoms with E-state index in [1.807, 2.05) is 30.0 Å². The van der Waals surface area contributed by atoms with Crippen LogP contribution in [0.5, 0.6) is 0 Å². The quantitative estimate of drug-likeness (QED) is 0.686. The zero-order valence-electron chi connectivity index (χ0n) is 16.2. The van der Waals surface area contributed by atoms with Crippen LogP contribution in [-0.2, 0) is 4.79 Å². The minimum Gasteiger partial charge on any atom is -0.412 e. The van der Waals surface area contributed by atoms with Gasteiger partial charge in [-0.1, -0.05) is 32.0 Å². The van der Waals surface area contributed by atoms with Crippen molar-refractivity contribution in [1.29, 1.82) is 0 Å². The molecule has 0 bridgehead atoms. The highest BCUT2D eigenvalue weighted by Gasteiger charge is 2.48. The number of anilines is 1. The predicted molar refractivity (Wildman–Crippen MR) is 121 cm³/mol. The Kier molecular flexibility index (Phi) is 11.9. The molecular weight excluding hydrogens is 405 g/mol. The number of likely N-dealkylation sites (tertiary alicyclic amines) is 1. The van der Waals surface area contributed by atoms with Crippen LogP contribution in [0.15, 0.2) is 30.3 Å². The summed E-state index contributed by atoms with van der Waals surface area (Å²) < 4.78 is 0. The average molecular weight is 438 g/mol. The Morgan fingerprint density at radius 2 is 1.67 bits per heavy atom. The molecular formula is C19H33Cl2N3O2S. The summed E-state index contributed by atoms with van der Waals surface area (Å²) in [6.45, 7) is 11.2. The summed E-state index contributed by atoms with van der Waals surface area (Å²) in [4.78, 5) is 19.6. The van der Waals surface area contributed by atoms with Gasteiger partial charge in [-0.05, 0) is 38.1 Å². The first-order chi connectivity index (χ1) is 11.7. The molecule has 2 fully saturated rings. The number of hydrogen-bond acceptors (Lipinski definition) is 4. The van der Waals surface area contributed by atoms with Crippen LogP contribution in [0.1, 0.15) is 26.7 Å². The number of rotatable bonds is 6. The van der Waals surface area contributed by atoms with Crippen molar-refractivity contribution in [2.24, 2.45) is 0 Å². The second kappa shape index (κ2) is 12.1. The average Bonchev–Trinajstić information content (AvgIpc) is 2.94. The smallest absolute Gasteiger partial charge is 0.238 e. The second-order valence-corrected chi connectivity index (χ2v) is 8.01. The Hall–Kier alpha value is -0.500. The molecule has 0 radical (unpaired) electrons. The van der Waals surface area contributed by atoms with E-state index in [2.05, 4.69) is 40.7 Å². The summed E-state index contributed by atoms with van der Waals surface area (Å²) >= 11 is 1.85. The minimum absolute atomic E-state index is 0. The molecule has 0 saturated carbocycles. The molecule has 3 rings (SSSR count). The number of amides is 1. The molecule has 1 amide bonds. The van der Waals surface area contributed by atoms with Gasteiger partial charge >= 0.3 is 0 Å². The molecule has 0 aliphatic carbocycles. The van der Waals surface area contributed by atoms with Gasteiger partial charge in [-0.3, -0.25) is 9.69 Å². The van der Waals surface area contributed by atoms with Crippen molar-refractivity contribution in [2.45, 2.75) is 31.6 Å². The van der Waals surface area contributed by atoms with E-state index >= 15 is 0 Å². The minimum atomic E-state index is -0.0237. The highest BCUT2D eigenvalue weighted by atomic mass is 35.5. The number of thioether (sulfide) groups is 1. The summed E-state index contributed by atoms with van der Waals surface area (Å²) in [5.41, 5.74) is 1.06. The summed E-state index contributed by atoms with van der Waals surface area (Å²) in [6.07, 6.45) is 2.13. The molecule has 2 saturated heterocycles. The fraction of sp³-hybridized carbons (Fsp3) is 0.632. The van der Waals surface area contributed by atoms with Crippen molar-refractivity contribution in [3.05, 3.63) is 30.3 Å². The Labute approximate surface area is 180 Å². The Morgan fingerprint density at radius 3 is 2.22 bits per heavy atom. The fourth-order valence-electron chi connectivity index (χ4n) is 3.83. The van der Waals surface area contributed by atoms with Gasteiger partial charge in [-0.2, -0.15) is 0 Å². The van der Waals surface area contributed by atoms with Crippen molar-refractivity contribution >= 4 is 48.2 Å². The van der Waals surface area contributed by atoms with Crippen molar-refractivity contribution in [1.82, 2.24) is 9.80 Å². The van der Waals surface area contributed by atoms with E-state index in [0.717, 1.165) is 57.8 Å². The zero-order chi connectivity index (χ0) is 17.0. The van der Waals surface area contributed by atoms with Crippen LogP contribution in [0.25, 0.3) is 0 Å². The first kappa shape index (κ1) is 26.5. The number of nitrogens with zero attached hydrogens (tertiary/aromatic N) is 3. The Morgan fingerprint density at radius 1 is 1.07 bits per heavy atom. The molecule has 2 N–H and O–H groups in total. The first-order valence-electron chi connectivity index (χ1n) is 9.15. The van der Waals surface area contributed by atoms with Gasteiger partial charge in [0.05, 0.1) is 10.6 Å². The van der Waals surface area contributed by atoms with E-state index in [-0.39, 0.29) is 41.1 Å². The maximum Gasteiger partial charge on any atom is 0.238 e. The third-order valence-electron chi connectivity index (χ3n) is 5.40. The first-order valence-corrected chi connectivity index (χ1v) is 10.1. The molecule has 8 heteroatoms. The normalized spacial score (nSPS) is 18.8. The van der Waals surface area contributed by atoms with Crippen LogP contribution < -0.4 is 4.90 Å². The third-order valence-corrected chi connectivity index (χ3v) is 6.92. The lowest BCUT2D eigenvalue weighted by atomic mass is 10.0. The van der Waals surface area contributed by atoms with Gasteiger partial charge in [-0.15, -0.1) is 36.6 Å². The largest absolute Gasteiger partial charge is 0.412 e. The maximum absolute atomic E-state index is 12.5. The van der Waals surface area contributed by atoms with Crippen LogP contribution in [-0.4, -0.2) is 71.1 Å². The number of piperidine rings is 1. The van der Waals surface area contributed by atoms with Crippen LogP contribution >= 0.6 is 36.6 Å². The SMILES string of the molecule is CCN(CC)CCN1CCC2(CC1)SCC(=O)N2c1ccccc1.Cl.Cl.O. The number of para-hydroxylation sites is 1.